The summed E-state index contributed by atoms with van der Waals surface area (Å²) >= 11 is 5.80. The van der Waals surface area contributed by atoms with Crippen LogP contribution in [-0.2, 0) is 16.0 Å². The molecule has 26 heavy (non-hydrogen) atoms. The van der Waals surface area contributed by atoms with Crippen LogP contribution in [0.2, 0.25) is 5.28 Å². The van der Waals surface area contributed by atoms with Crippen molar-refractivity contribution in [3.63, 3.8) is 0 Å². The van der Waals surface area contributed by atoms with Crippen LogP contribution in [-0.4, -0.2) is 57.5 Å². The first kappa shape index (κ1) is 20.4. The molecule has 0 bridgehead atoms. The first-order valence-electron chi connectivity index (χ1n) is 8.79. The summed E-state index contributed by atoms with van der Waals surface area (Å²) < 4.78 is 0. The Kier molecular flexibility index (Phi) is 7.16. The SMILES string of the molecule is Cc1nc(Cl)nc(N)c1CCC1CCN(C(=O)[C@H](C)NC(=O)CO)CC1. The van der Waals surface area contributed by atoms with Crippen LogP contribution in [0.3, 0.4) is 0 Å². The lowest BCUT2D eigenvalue weighted by Gasteiger charge is -2.33. The summed E-state index contributed by atoms with van der Waals surface area (Å²) in [6.07, 6.45) is 3.55. The maximum atomic E-state index is 12.3. The molecular formula is C17H26ClN5O3. The molecule has 1 aromatic heterocycles. The van der Waals surface area contributed by atoms with E-state index in [1.807, 2.05) is 6.92 Å². The molecule has 1 fully saturated rings. The number of amides is 2. The van der Waals surface area contributed by atoms with E-state index in [4.69, 9.17) is 22.4 Å². The van der Waals surface area contributed by atoms with Crippen molar-refractivity contribution in [2.24, 2.45) is 5.92 Å². The third-order valence-corrected chi connectivity index (χ3v) is 5.01. The Morgan fingerprint density at radius 3 is 2.62 bits per heavy atom. The average molecular weight is 384 g/mol. The van der Waals surface area contributed by atoms with Gasteiger partial charge in [0.05, 0.1) is 0 Å². The number of nitrogens with zero attached hydrogens (tertiary/aromatic N) is 3. The lowest BCUT2D eigenvalue weighted by molar-refractivity contribution is -0.137. The number of nitrogens with one attached hydrogen (secondary N) is 1. The van der Waals surface area contributed by atoms with Crippen molar-refractivity contribution in [3.8, 4) is 0 Å². The van der Waals surface area contributed by atoms with Gasteiger partial charge in [0.25, 0.3) is 0 Å². The van der Waals surface area contributed by atoms with E-state index in [0.717, 1.165) is 36.9 Å². The van der Waals surface area contributed by atoms with Crippen LogP contribution in [0.15, 0.2) is 0 Å². The van der Waals surface area contributed by atoms with Gasteiger partial charge < -0.3 is 21.1 Å². The highest BCUT2D eigenvalue weighted by atomic mass is 35.5. The van der Waals surface area contributed by atoms with Gasteiger partial charge in [-0.1, -0.05) is 0 Å². The molecule has 0 unspecified atom stereocenters. The molecule has 0 aromatic carbocycles. The second kappa shape index (κ2) is 9.14. The second-order valence-corrected chi connectivity index (χ2v) is 7.03. The van der Waals surface area contributed by atoms with Gasteiger partial charge in [0.2, 0.25) is 17.1 Å². The molecule has 8 nitrogen and oxygen atoms in total. The number of nitrogen functional groups attached to an aromatic ring is 1. The van der Waals surface area contributed by atoms with Gasteiger partial charge in [-0.15, -0.1) is 0 Å². The second-order valence-electron chi connectivity index (χ2n) is 6.70. The highest BCUT2D eigenvalue weighted by Gasteiger charge is 2.26. The maximum absolute atomic E-state index is 12.3. The first-order chi connectivity index (χ1) is 12.3. The number of aliphatic hydroxyl groups excluding tert-OH is 1. The standard InChI is InChI=1S/C17H26ClN5O3/c1-10-13(15(19)22-17(18)21-10)4-3-12-5-7-23(8-6-12)16(26)11(2)20-14(25)9-24/h11-12,24H,3-9H2,1-2H3,(H,20,25)(H2,19,21,22)/t11-/m0/s1. The number of halogens is 1. The van der Waals surface area contributed by atoms with Gasteiger partial charge in [-0.25, -0.2) is 9.97 Å². The van der Waals surface area contributed by atoms with Gasteiger partial charge in [-0.3, -0.25) is 9.59 Å². The lowest BCUT2D eigenvalue weighted by atomic mass is 9.90. The van der Waals surface area contributed by atoms with Crippen molar-refractivity contribution >= 4 is 29.2 Å². The maximum Gasteiger partial charge on any atom is 0.246 e. The summed E-state index contributed by atoms with van der Waals surface area (Å²) in [5.41, 5.74) is 7.69. The van der Waals surface area contributed by atoms with Gasteiger partial charge >= 0.3 is 0 Å². The lowest BCUT2D eigenvalue weighted by Crippen LogP contribution is -2.49. The monoisotopic (exact) mass is 383 g/mol. The van der Waals surface area contributed by atoms with E-state index in [2.05, 4.69) is 15.3 Å². The molecule has 0 aliphatic carbocycles. The number of carbonyl (C=O) groups is 2. The number of hydrogen-bond acceptors (Lipinski definition) is 6. The quantitative estimate of drug-likeness (QED) is 0.621. The van der Waals surface area contributed by atoms with Crippen LogP contribution in [0.4, 0.5) is 5.82 Å². The molecule has 1 aliphatic heterocycles. The van der Waals surface area contributed by atoms with Crippen molar-refractivity contribution in [1.82, 2.24) is 20.2 Å². The van der Waals surface area contributed by atoms with Gasteiger partial charge in [0.15, 0.2) is 0 Å². The average Bonchev–Trinajstić information content (AvgIpc) is 2.60. The zero-order valence-corrected chi connectivity index (χ0v) is 15.9. The Labute approximate surface area is 158 Å². The van der Waals surface area contributed by atoms with E-state index in [1.54, 1.807) is 11.8 Å². The molecule has 4 N–H and O–H groups in total. The number of rotatable bonds is 6. The number of likely N-dealkylation sites (tertiary alicyclic amines) is 1. The molecule has 2 heterocycles. The zero-order chi connectivity index (χ0) is 19.3. The topological polar surface area (TPSA) is 121 Å². The fourth-order valence-corrected chi connectivity index (χ4v) is 3.52. The normalized spacial score (nSPS) is 16.4. The highest BCUT2D eigenvalue weighted by molar-refractivity contribution is 6.28. The third-order valence-electron chi connectivity index (χ3n) is 4.84. The molecule has 1 atom stereocenters. The van der Waals surface area contributed by atoms with E-state index in [-0.39, 0.29) is 11.2 Å². The summed E-state index contributed by atoms with van der Waals surface area (Å²) in [6.45, 7) is 4.22. The fourth-order valence-electron chi connectivity index (χ4n) is 3.31. The number of aromatic nitrogens is 2. The Hall–Kier alpha value is -1.93. The Bertz CT molecular complexity index is 639. The molecule has 144 valence electrons. The molecule has 2 amide bonds. The summed E-state index contributed by atoms with van der Waals surface area (Å²) in [5, 5.41) is 11.4. The van der Waals surface area contributed by atoms with Gasteiger partial charge in [0, 0.05) is 24.3 Å². The molecule has 1 aromatic rings. The molecular weight excluding hydrogens is 358 g/mol. The van der Waals surface area contributed by atoms with Crippen LogP contribution in [0.5, 0.6) is 0 Å². The van der Waals surface area contributed by atoms with Crippen LogP contribution >= 0.6 is 11.6 Å². The number of nitrogens with two attached hydrogens (primary N) is 1. The molecule has 1 aliphatic rings. The van der Waals surface area contributed by atoms with E-state index in [9.17, 15) is 9.59 Å². The zero-order valence-electron chi connectivity index (χ0n) is 15.2. The fraction of sp³-hybridized carbons (Fsp3) is 0.647. The predicted octanol–water partition coefficient (Wildman–Crippen LogP) is 0.689. The van der Waals surface area contributed by atoms with Crippen molar-refractivity contribution < 1.29 is 14.7 Å². The third kappa shape index (κ3) is 5.28. The minimum absolute atomic E-state index is 0.114. The molecule has 0 radical (unpaired) electrons. The van der Waals surface area contributed by atoms with Crippen LogP contribution in [0, 0.1) is 12.8 Å². The molecule has 0 spiro atoms. The highest BCUT2D eigenvalue weighted by Crippen LogP contribution is 2.25. The summed E-state index contributed by atoms with van der Waals surface area (Å²) in [6, 6.07) is -0.625. The molecule has 1 saturated heterocycles. The summed E-state index contributed by atoms with van der Waals surface area (Å²) in [4.78, 5) is 33.5. The Morgan fingerprint density at radius 1 is 1.38 bits per heavy atom. The number of piperidine rings is 1. The number of aliphatic hydroxyl groups is 1. The smallest absolute Gasteiger partial charge is 0.246 e. The van der Waals surface area contributed by atoms with Crippen molar-refractivity contribution in [2.45, 2.75) is 45.6 Å². The van der Waals surface area contributed by atoms with E-state index >= 15 is 0 Å². The number of anilines is 1. The Balaban J connectivity index is 1.82. The van der Waals surface area contributed by atoms with Crippen molar-refractivity contribution in [3.05, 3.63) is 16.5 Å². The van der Waals surface area contributed by atoms with E-state index in [1.165, 1.54) is 0 Å². The largest absolute Gasteiger partial charge is 0.387 e. The minimum Gasteiger partial charge on any atom is -0.387 e. The first-order valence-corrected chi connectivity index (χ1v) is 9.17. The van der Waals surface area contributed by atoms with Crippen LogP contribution in [0.25, 0.3) is 0 Å². The minimum atomic E-state index is -0.625. The predicted molar refractivity (Wildman–Crippen MR) is 98.5 cm³/mol. The van der Waals surface area contributed by atoms with Crippen molar-refractivity contribution in [2.75, 3.05) is 25.4 Å². The van der Waals surface area contributed by atoms with Gasteiger partial charge in [0.1, 0.15) is 18.5 Å². The van der Waals surface area contributed by atoms with Crippen LogP contribution in [0.1, 0.15) is 37.4 Å². The number of carbonyl (C=O) groups excluding carboxylic acids is 2. The summed E-state index contributed by atoms with van der Waals surface area (Å²) in [5.74, 6) is 0.273. The number of aryl methyl sites for hydroxylation is 1. The molecule has 2 rings (SSSR count). The van der Waals surface area contributed by atoms with Gasteiger partial charge in [-0.2, -0.15) is 0 Å². The van der Waals surface area contributed by atoms with Crippen molar-refractivity contribution in [1.29, 1.82) is 0 Å². The summed E-state index contributed by atoms with van der Waals surface area (Å²) in [7, 11) is 0. The van der Waals surface area contributed by atoms with E-state index < -0.39 is 18.6 Å². The number of hydrogen-bond donors (Lipinski definition) is 3. The van der Waals surface area contributed by atoms with Crippen LogP contribution < -0.4 is 11.1 Å². The van der Waals surface area contributed by atoms with E-state index in [0.29, 0.717) is 24.8 Å². The molecule has 0 saturated carbocycles. The van der Waals surface area contributed by atoms with Gasteiger partial charge in [-0.05, 0) is 57.0 Å². The molecule has 9 heteroatoms. The Morgan fingerprint density at radius 2 is 2.04 bits per heavy atom.